The van der Waals surface area contributed by atoms with Crippen LogP contribution in [0.25, 0.3) is 0 Å². The first-order valence-electron chi connectivity index (χ1n) is 6.91. The lowest BCUT2D eigenvalue weighted by Gasteiger charge is -2.21. The van der Waals surface area contributed by atoms with Gasteiger partial charge in [-0.2, -0.15) is 0 Å². The number of rotatable bonds is 7. The Kier molecular flexibility index (Phi) is 5.53. The molecule has 0 heterocycles. The summed E-state index contributed by atoms with van der Waals surface area (Å²) in [7, 11) is 2.91. The van der Waals surface area contributed by atoms with E-state index < -0.39 is 5.34 Å². The van der Waals surface area contributed by atoms with Crippen molar-refractivity contribution in [1.29, 1.82) is 0 Å². The highest BCUT2D eigenvalue weighted by Gasteiger charge is 2.28. The van der Waals surface area contributed by atoms with Crippen LogP contribution in [0.5, 0.6) is 11.5 Å². The number of hydrogen-bond donors (Lipinski definition) is 1. The van der Waals surface area contributed by atoms with Crippen LogP contribution < -0.4 is 9.47 Å². The average molecular weight is 318 g/mol. The van der Waals surface area contributed by atoms with Crippen LogP contribution in [0, 0.1) is 0 Å². The topological polar surface area (TPSA) is 55.8 Å². The van der Waals surface area contributed by atoms with Crippen LogP contribution in [0.2, 0.25) is 0 Å². The minimum absolute atomic E-state index is 0.292. The molecule has 2 aromatic carbocycles. The van der Waals surface area contributed by atoms with Gasteiger partial charge >= 0.3 is 0 Å². The summed E-state index contributed by atoms with van der Waals surface area (Å²) in [5, 5.41) is 9.26. The van der Waals surface area contributed by atoms with Gasteiger partial charge in [-0.05, 0) is 35.4 Å². The van der Waals surface area contributed by atoms with Crippen molar-refractivity contribution in [1.82, 2.24) is 0 Å². The van der Waals surface area contributed by atoms with Crippen molar-refractivity contribution >= 4 is 8.46 Å². The predicted molar refractivity (Wildman–Crippen MR) is 86.0 cm³/mol. The molecule has 0 saturated carbocycles. The number of methoxy groups -OCH3 is 2. The predicted octanol–water partition coefficient (Wildman–Crippen LogP) is 3.47. The molecule has 0 unspecified atom stereocenters. The Morgan fingerprint density at radius 2 is 1.23 bits per heavy atom. The minimum Gasteiger partial charge on any atom is -0.497 e. The number of aliphatic hydroxyl groups is 1. The van der Waals surface area contributed by atoms with Crippen molar-refractivity contribution < 1.29 is 19.1 Å². The summed E-state index contributed by atoms with van der Waals surface area (Å²) in [6, 6.07) is 14.8. The lowest BCUT2D eigenvalue weighted by atomic mass is 10.0. The largest absolute Gasteiger partial charge is 0.497 e. The number of benzene rings is 2. The Balaban J connectivity index is 2.10. The normalized spacial score (nSPS) is 11.4. The van der Waals surface area contributed by atoms with Crippen molar-refractivity contribution in [2.45, 2.75) is 18.2 Å². The molecule has 22 heavy (non-hydrogen) atoms. The van der Waals surface area contributed by atoms with Gasteiger partial charge in [0.2, 0.25) is 0 Å². The lowest BCUT2D eigenvalue weighted by Crippen LogP contribution is -2.27. The van der Waals surface area contributed by atoms with E-state index in [1.54, 1.807) is 14.2 Å². The van der Waals surface area contributed by atoms with Crippen LogP contribution >= 0.6 is 8.46 Å². The van der Waals surface area contributed by atoms with E-state index in [1.807, 2.05) is 48.5 Å². The molecule has 0 aliphatic heterocycles. The van der Waals surface area contributed by atoms with E-state index in [4.69, 9.17) is 9.47 Å². The summed E-state index contributed by atoms with van der Waals surface area (Å²) >= 11 is 0. The Bertz CT molecular complexity index is 558. The van der Waals surface area contributed by atoms with Crippen LogP contribution in [-0.2, 0) is 17.4 Å². The minimum atomic E-state index is -1.33. The van der Waals surface area contributed by atoms with Gasteiger partial charge in [-0.1, -0.05) is 24.3 Å². The maximum absolute atomic E-state index is 11.5. The molecule has 1 N–H and O–H groups in total. The molecule has 0 saturated heterocycles. The van der Waals surface area contributed by atoms with Gasteiger partial charge in [-0.3, -0.25) is 4.57 Å². The van der Waals surface area contributed by atoms with Gasteiger partial charge in [0.15, 0.2) is 13.8 Å². The zero-order chi connectivity index (χ0) is 16.0. The highest BCUT2D eigenvalue weighted by atomic mass is 31.1. The molecular formula is C17H19O4P. The molecule has 0 bridgehead atoms. The third-order valence-electron chi connectivity index (χ3n) is 3.46. The summed E-state index contributed by atoms with van der Waals surface area (Å²) in [5.41, 5.74) is 1.81. The van der Waals surface area contributed by atoms with Crippen molar-refractivity contribution in [3.8, 4) is 11.5 Å². The summed E-state index contributed by atoms with van der Waals surface area (Å²) in [5.74, 6) is 1.50. The summed E-state index contributed by atoms with van der Waals surface area (Å²) in [4.78, 5) is 0. The molecule has 116 valence electrons. The van der Waals surface area contributed by atoms with Crippen molar-refractivity contribution in [2.24, 2.45) is 0 Å². The van der Waals surface area contributed by atoms with E-state index in [-0.39, 0.29) is 8.46 Å². The first kappa shape index (κ1) is 16.5. The summed E-state index contributed by atoms with van der Waals surface area (Å²) in [6.45, 7) is 0. The van der Waals surface area contributed by atoms with Gasteiger partial charge in [0, 0.05) is 12.8 Å². The van der Waals surface area contributed by atoms with Crippen molar-refractivity contribution in [2.75, 3.05) is 14.2 Å². The van der Waals surface area contributed by atoms with E-state index in [9.17, 15) is 9.67 Å². The van der Waals surface area contributed by atoms with Crippen molar-refractivity contribution in [3.63, 3.8) is 0 Å². The van der Waals surface area contributed by atoms with Crippen LogP contribution in [-0.4, -0.2) is 24.7 Å². The maximum Gasteiger partial charge on any atom is 0.191 e. The third kappa shape index (κ3) is 4.30. The van der Waals surface area contributed by atoms with E-state index in [0.717, 1.165) is 22.6 Å². The molecule has 2 rings (SSSR count). The Labute approximate surface area is 131 Å². The standard InChI is InChI=1S/C17H19O4P/c1-20-15-7-3-13(4-8-15)11-17(18,22-19)12-14-5-9-16(21-2)10-6-14/h3-10,18H,11-12H2,1-2H3. The fourth-order valence-electron chi connectivity index (χ4n) is 2.27. The first-order chi connectivity index (χ1) is 10.6. The van der Waals surface area contributed by atoms with Crippen LogP contribution in [0.3, 0.4) is 0 Å². The molecule has 0 fully saturated rings. The van der Waals surface area contributed by atoms with Gasteiger partial charge in [-0.15, -0.1) is 0 Å². The molecule has 5 heteroatoms. The number of ether oxygens (including phenoxy) is 2. The smallest absolute Gasteiger partial charge is 0.191 e. The van der Waals surface area contributed by atoms with Gasteiger partial charge in [0.1, 0.15) is 11.5 Å². The first-order valence-corrected chi connectivity index (χ1v) is 7.72. The van der Waals surface area contributed by atoms with Crippen LogP contribution in [0.4, 0.5) is 0 Å². The van der Waals surface area contributed by atoms with Gasteiger partial charge in [-0.25, -0.2) is 0 Å². The van der Waals surface area contributed by atoms with Crippen molar-refractivity contribution in [3.05, 3.63) is 59.7 Å². The molecule has 0 aliphatic rings. The van der Waals surface area contributed by atoms with E-state index in [0.29, 0.717) is 12.8 Å². The monoisotopic (exact) mass is 318 g/mol. The van der Waals surface area contributed by atoms with E-state index >= 15 is 0 Å². The number of hydrogen-bond acceptors (Lipinski definition) is 4. The molecular weight excluding hydrogens is 299 g/mol. The average Bonchev–Trinajstić information content (AvgIpc) is 2.56. The van der Waals surface area contributed by atoms with Gasteiger partial charge in [0.25, 0.3) is 0 Å². The molecule has 0 radical (unpaired) electrons. The molecule has 0 amide bonds. The zero-order valence-corrected chi connectivity index (χ0v) is 13.5. The highest BCUT2D eigenvalue weighted by molar-refractivity contribution is 7.25. The Morgan fingerprint density at radius 3 is 1.50 bits per heavy atom. The molecule has 0 atom stereocenters. The van der Waals surface area contributed by atoms with Gasteiger partial charge < -0.3 is 14.6 Å². The van der Waals surface area contributed by atoms with E-state index in [1.165, 1.54) is 0 Å². The van der Waals surface area contributed by atoms with Crippen LogP contribution in [0.1, 0.15) is 11.1 Å². The highest BCUT2D eigenvalue weighted by Crippen LogP contribution is 2.30. The molecule has 4 nitrogen and oxygen atoms in total. The fraction of sp³-hybridized carbons (Fsp3) is 0.294. The summed E-state index contributed by atoms with van der Waals surface area (Å²) < 4.78 is 21.7. The lowest BCUT2D eigenvalue weighted by molar-refractivity contribution is 0.130. The third-order valence-corrected chi connectivity index (χ3v) is 4.12. The fourth-order valence-corrected chi connectivity index (χ4v) is 2.76. The molecule has 0 spiro atoms. The second-order valence-electron chi connectivity index (χ2n) is 5.12. The Morgan fingerprint density at radius 1 is 0.864 bits per heavy atom. The van der Waals surface area contributed by atoms with Gasteiger partial charge in [0.05, 0.1) is 14.2 Å². The maximum atomic E-state index is 11.5. The molecule has 0 aliphatic carbocycles. The summed E-state index contributed by atoms with van der Waals surface area (Å²) in [6.07, 6.45) is 0.599. The molecule has 0 aromatic heterocycles. The zero-order valence-electron chi connectivity index (χ0n) is 12.7. The van der Waals surface area contributed by atoms with E-state index in [2.05, 4.69) is 0 Å². The SMILES string of the molecule is COc1ccc(CC(O)(Cc2ccc(OC)cc2)P=O)cc1. The second-order valence-corrected chi connectivity index (χ2v) is 6.14. The van der Waals surface area contributed by atoms with Crippen LogP contribution in [0.15, 0.2) is 48.5 Å². The Hall–Kier alpha value is -1.90. The quantitative estimate of drug-likeness (QED) is 0.794. The molecule has 2 aromatic rings. The second kappa shape index (κ2) is 7.39.